The van der Waals surface area contributed by atoms with Gasteiger partial charge in [0.05, 0.1) is 12.0 Å². The van der Waals surface area contributed by atoms with Crippen LogP contribution in [0.5, 0.6) is 5.75 Å². The number of benzene rings is 2. The van der Waals surface area contributed by atoms with Crippen molar-refractivity contribution in [3.05, 3.63) is 52.1 Å². The van der Waals surface area contributed by atoms with Crippen molar-refractivity contribution < 1.29 is 22.9 Å². The van der Waals surface area contributed by atoms with Crippen molar-refractivity contribution in [1.82, 2.24) is 4.31 Å². The predicted octanol–water partition coefficient (Wildman–Crippen LogP) is 3.63. The second-order valence-electron chi connectivity index (χ2n) is 8.44. The number of carbonyl (C=O) groups excluding carboxylic acids is 1. The first-order chi connectivity index (χ1) is 16.3. The third kappa shape index (κ3) is 4.85. The van der Waals surface area contributed by atoms with Crippen molar-refractivity contribution in [3.8, 4) is 5.75 Å². The molecule has 1 N–H and O–H groups in total. The van der Waals surface area contributed by atoms with Crippen LogP contribution in [0, 0.1) is 10.1 Å². The lowest BCUT2D eigenvalue weighted by molar-refractivity contribution is -0.384. The molecule has 0 aromatic heterocycles. The van der Waals surface area contributed by atoms with Crippen molar-refractivity contribution in [1.29, 1.82) is 0 Å². The Labute approximate surface area is 198 Å². The Morgan fingerprint density at radius 2 is 1.68 bits per heavy atom. The van der Waals surface area contributed by atoms with Gasteiger partial charge in [0.15, 0.2) is 0 Å². The normalized spacial score (nSPS) is 16.9. The van der Waals surface area contributed by atoms with E-state index in [1.54, 1.807) is 18.2 Å². The van der Waals surface area contributed by atoms with E-state index < -0.39 is 20.9 Å². The molecular weight excluding hydrogens is 460 g/mol. The van der Waals surface area contributed by atoms with Gasteiger partial charge in [-0.3, -0.25) is 14.9 Å². The highest BCUT2D eigenvalue weighted by Crippen LogP contribution is 2.33. The summed E-state index contributed by atoms with van der Waals surface area (Å²) in [5.74, 6) is -0.378. The maximum absolute atomic E-state index is 13.2. The molecule has 0 saturated carbocycles. The van der Waals surface area contributed by atoms with E-state index in [0.717, 1.165) is 45.2 Å². The van der Waals surface area contributed by atoms with Crippen LogP contribution in [-0.4, -0.2) is 56.8 Å². The Morgan fingerprint density at radius 1 is 1.00 bits per heavy atom. The van der Waals surface area contributed by atoms with Gasteiger partial charge in [0.1, 0.15) is 16.3 Å². The molecule has 2 heterocycles. The second-order valence-corrected chi connectivity index (χ2v) is 10.3. The Bertz CT molecular complexity index is 1190. The van der Waals surface area contributed by atoms with Crippen molar-refractivity contribution in [2.45, 2.75) is 37.0 Å². The number of sulfonamides is 1. The molecule has 34 heavy (non-hydrogen) atoms. The first kappa shape index (κ1) is 24.0. The molecule has 4 rings (SSSR count). The molecule has 0 radical (unpaired) electrons. The zero-order chi connectivity index (χ0) is 24.3. The number of ether oxygens (including phenoxy) is 1. The minimum absolute atomic E-state index is 0.0231. The summed E-state index contributed by atoms with van der Waals surface area (Å²) >= 11 is 0. The van der Waals surface area contributed by atoms with E-state index in [1.807, 2.05) is 4.90 Å². The van der Waals surface area contributed by atoms with Gasteiger partial charge in [0.25, 0.3) is 11.6 Å². The van der Waals surface area contributed by atoms with Gasteiger partial charge in [-0.05, 0) is 56.0 Å². The zero-order valence-electron chi connectivity index (χ0n) is 19.0. The average molecular weight is 489 g/mol. The maximum atomic E-state index is 13.2. The Morgan fingerprint density at radius 3 is 2.32 bits per heavy atom. The van der Waals surface area contributed by atoms with E-state index >= 15 is 0 Å². The van der Waals surface area contributed by atoms with Crippen LogP contribution in [0.1, 0.15) is 42.5 Å². The van der Waals surface area contributed by atoms with E-state index in [0.29, 0.717) is 18.8 Å². The summed E-state index contributed by atoms with van der Waals surface area (Å²) < 4.78 is 33.1. The average Bonchev–Trinajstić information content (AvgIpc) is 3.39. The lowest BCUT2D eigenvalue weighted by atomic mass is 10.1. The largest absolute Gasteiger partial charge is 0.495 e. The van der Waals surface area contributed by atoms with Crippen LogP contribution in [0.2, 0.25) is 0 Å². The zero-order valence-corrected chi connectivity index (χ0v) is 19.8. The van der Waals surface area contributed by atoms with E-state index in [2.05, 4.69) is 5.32 Å². The number of methoxy groups -OCH3 is 1. The Kier molecular flexibility index (Phi) is 7.03. The van der Waals surface area contributed by atoms with Gasteiger partial charge in [-0.25, -0.2) is 8.42 Å². The summed E-state index contributed by atoms with van der Waals surface area (Å²) in [6, 6.07) is 8.81. The first-order valence-corrected chi connectivity index (χ1v) is 12.8. The van der Waals surface area contributed by atoms with Crippen LogP contribution in [0.15, 0.2) is 41.3 Å². The maximum Gasteiger partial charge on any atom is 0.293 e. The number of nitro groups is 1. The number of hydrogen-bond donors (Lipinski definition) is 1. The van der Waals surface area contributed by atoms with Crippen LogP contribution in [0.25, 0.3) is 0 Å². The molecule has 2 aromatic carbocycles. The van der Waals surface area contributed by atoms with Gasteiger partial charge in [0, 0.05) is 43.5 Å². The van der Waals surface area contributed by atoms with Crippen LogP contribution in [0.4, 0.5) is 17.1 Å². The van der Waals surface area contributed by atoms with Crippen LogP contribution in [0.3, 0.4) is 0 Å². The minimum atomic E-state index is -3.80. The monoisotopic (exact) mass is 488 g/mol. The van der Waals surface area contributed by atoms with Gasteiger partial charge < -0.3 is 15.0 Å². The molecule has 10 nitrogen and oxygen atoms in total. The lowest BCUT2D eigenvalue weighted by Gasteiger charge is -2.26. The van der Waals surface area contributed by atoms with Crippen molar-refractivity contribution in [3.63, 3.8) is 0 Å². The third-order valence-corrected chi connectivity index (χ3v) is 8.16. The Hall–Kier alpha value is -3.18. The summed E-state index contributed by atoms with van der Waals surface area (Å²) in [5.41, 5.74) is 0.745. The third-order valence-electron chi connectivity index (χ3n) is 6.24. The van der Waals surface area contributed by atoms with Crippen LogP contribution < -0.4 is 15.0 Å². The summed E-state index contributed by atoms with van der Waals surface area (Å²) in [6.07, 6.45) is 4.52. The molecule has 2 saturated heterocycles. The highest BCUT2D eigenvalue weighted by Gasteiger charge is 2.30. The molecule has 1 amide bonds. The molecule has 0 spiro atoms. The molecule has 2 aromatic rings. The van der Waals surface area contributed by atoms with Crippen LogP contribution in [-0.2, 0) is 10.0 Å². The van der Waals surface area contributed by atoms with Crippen molar-refractivity contribution in [2.24, 2.45) is 0 Å². The molecule has 2 aliphatic rings. The summed E-state index contributed by atoms with van der Waals surface area (Å²) in [6.45, 7) is 2.36. The van der Waals surface area contributed by atoms with E-state index in [4.69, 9.17) is 4.74 Å². The smallest absolute Gasteiger partial charge is 0.293 e. The van der Waals surface area contributed by atoms with Gasteiger partial charge in [-0.1, -0.05) is 6.42 Å². The molecular formula is C23H28N4O6S. The number of rotatable bonds is 7. The van der Waals surface area contributed by atoms with Gasteiger partial charge in [-0.2, -0.15) is 4.31 Å². The quantitative estimate of drug-likeness (QED) is 0.466. The summed E-state index contributed by atoms with van der Waals surface area (Å²) in [5, 5.41) is 14.3. The molecule has 11 heteroatoms. The summed E-state index contributed by atoms with van der Waals surface area (Å²) in [7, 11) is -2.41. The molecule has 2 aliphatic heterocycles. The fourth-order valence-electron chi connectivity index (χ4n) is 4.44. The number of piperidine rings is 1. The Balaban J connectivity index is 1.60. The number of anilines is 2. The number of carbonyl (C=O) groups is 1. The number of nitrogens with zero attached hydrogens (tertiary/aromatic N) is 3. The molecule has 182 valence electrons. The van der Waals surface area contributed by atoms with Crippen LogP contribution >= 0.6 is 0 Å². The topological polar surface area (TPSA) is 122 Å². The van der Waals surface area contributed by atoms with Gasteiger partial charge >= 0.3 is 0 Å². The molecule has 0 aliphatic carbocycles. The first-order valence-electron chi connectivity index (χ1n) is 11.3. The van der Waals surface area contributed by atoms with E-state index in [-0.39, 0.29) is 27.6 Å². The summed E-state index contributed by atoms with van der Waals surface area (Å²) in [4.78, 5) is 26.0. The lowest BCUT2D eigenvalue weighted by Crippen LogP contribution is -2.35. The van der Waals surface area contributed by atoms with Gasteiger partial charge in [-0.15, -0.1) is 0 Å². The predicted molar refractivity (Wildman–Crippen MR) is 128 cm³/mol. The molecule has 0 bridgehead atoms. The second kappa shape index (κ2) is 9.98. The SMILES string of the molecule is COc1ccc(NC(=O)c2ccc(N3CCCC3)c([N+](=O)[O-])c2)cc1S(=O)(=O)N1CCCCC1. The molecule has 0 atom stereocenters. The highest BCUT2D eigenvalue weighted by molar-refractivity contribution is 7.89. The number of amides is 1. The number of hydrogen-bond acceptors (Lipinski definition) is 7. The van der Waals surface area contributed by atoms with Crippen molar-refractivity contribution >= 4 is 33.0 Å². The number of nitro benzene ring substituents is 1. The molecule has 0 unspecified atom stereocenters. The standard InChI is InChI=1S/C23H28N4O6S/c1-33-21-10-8-18(16-22(21)34(31,32)26-13-3-2-4-14-26)24-23(28)17-7-9-19(20(15-17)27(29)30)25-11-5-6-12-25/h7-10,15-16H,2-6,11-14H2,1H3,(H,24,28). The van der Waals surface area contributed by atoms with Gasteiger partial charge in [0.2, 0.25) is 10.0 Å². The van der Waals surface area contributed by atoms with E-state index in [1.165, 1.54) is 29.6 Å². The van der Waals surface area contributed by atoms with E-state index in [9.17, 15) is 23.3 Å². The van der Waals surface area contributed by atoms with Crippen molar-refractivity contribution in [2.75, 3.05) is 43.5 Å². The molecule has 2 fully saturated rings. The number of nitrogens with one attached hydrogen (secondary N) is 1. The fourth-order valence-corrected chi connectivity index (χ4v) is 6.14. The minimum Gasteiger partial charge on any atom is -0.495 e. The fraction of sp³-hybridized carbons (Fsp3) is 0.435. The highest BCUT2D eigenvalue weighted by atomic mass is 32.2.